The minimum Gasteiger partial charge on any atom is -0.360 e. The smallest absolute Gasteiger partial charge is 0.336 e. The number of amides is 1. The molecule has 1 aromatic carbocycles. The van der Waals surface area contributed by atoms with Crippen LogP contribution in [0.5, 0.6) is 0 Å². The van der Waals surface area contributed by atoms with Crippen molar-refractivity contribution < 1.29 is 13.6 Å². The standard InChI is InChI=1S/C21H23ClF2N6O/c22-16-10-27-20(30-18(16)15-9-26-17-7-2-1-6-14(15)17)29-13-5-3-4-12(8-13)28-19(31)21(23,24)11-25/h1-2,6-7,9-10,12-13,26H,3-5,8,11,25H2,(H,28,31)(H,27,29,30). The normalized spacial score (nSPS) is 19.4. The second kappa shape index (κ2) is 8.76. The van der Waals surface area contributed by atoms with Gasteiger partial charge in [0.2, 0.25) is 5.95 Å². The molecule has 0 bridgehead atoms. The van der Waals surface area contributed by atoms with Crippen LogP contribution in [-0.4, -0.2) is 45.4 Å². The van der Waals surface area contributed by atoms with E-state index in [1.807, 2.05) is 30.5 Å². The number of benzene rings is 1. The number of aromatic amines is 1. The van der Waals surface area contributed by atoms with E-state index in [0.29, 0.717) is 29.5 Å². The van der Waals surface area contributed by atoms with Gasteiger partial charge in [-0.2, -0.15) is 8.78 Å². The van der Waals surface area contributed by atoms with E-state index in [2.05, 4.69) is 25.6 Å². The molecule has 1 aliphatic rings. The molecule has 1 fully saturated rings. The van der Waals surface area contributed by atoms with Crippen LogP contribution in [0.3, 0.4) is 0 Å². The van der Waals surface area contributed by atoms with E-state index in [9.17, 15) is 13.6 Å². The fourth-order valence-electron chi connectivity index (χ4n) is 3.91. The lowest BCUT2D eigenvalue weighted by Gasteiger charge is -2.31. The van der Waals surface area contributed by atoms with Crippen LogP contribution in [0.2, 0.25) is 5.02 Å². The SMILES string of the molecule is NCC(F)(F)C(=O)NC1CCCC(Nc2ncc(Cl)c(-c3c[nH]c4ccccc34)n2)C1. The van der Waals surface area contributed by atoms with Crippen molar-refractivity contribution >= 4 is 34.4 Å². The molecule has 2 heterocycles. The lowest BCUT2D eigenvalue weighted by atomic mass is 9.91. The van der Waals surface area contributed by atoms with Crippen LogP contribution < -0.4 is 16.4 Å². The van der Waals surface area contributed by atoms with Gasteiger partial charge in [0.05, 0.1) is 23.5 Å². The number of carbonyl (C=O) groups excluding carboxylic acids is 1. The first-order valence-electron chi connectivity index (χ1n) is 10.1. The van der Waals surface area contributed by atoms with Crippen molar-refractivity contribution in [1.82, 2.24) is 20.3 Å². The summed E-state index contributed by atoms with van der Waals surface area (Å²) in [4.78, 5) is 23.8. The molecular weight excluding hydrogens is 426 g/mol. The first-order chi connectivity index (χ1) is 14.9. The molecular formula is C21H23ClF2N6O. The number of halogens is 3. The summed E-state index contributed by atoms with van der Waals surface area (Å²) < 4.78 is 27.0. The van der Waals surface area contributed by atoms with Crippen LogP contribution >= 0.6 is 11.6 Å². The summed E-state index contributed by atoms with van der Waals surface area (Å²) in [6.45, 7) is -1.01. The van der Waals surface area contributed by atoms with Crippen LogP contribution in [0.4, 0.5) is 14.7 Å². The third-order valence-corrected chi connectivity index (χ3v) is 5.80. The predicted molar refractivity (Wildman–Crippen MR) is 116 cm³/mol. The van der Waals surface area contributed by atoms with Gasteiger partial charge in [-0.05, 0) is 31.7 Å². The third kappa shape index (κ3) is 4.62. The molecule has 0 aliphatic heterocycles. The Morgan fingerprint density at radius 2 is 2.06 bits per heavy atom. The zero-order valence-electron chi connectivity index (χ0n) is 16.7. The summed E-state index contributed by atoms with van der Waals surface area (Å²) in [6.07, 6.45) is 6.10. The number of hydrogen-bond acceptors (Lipinski definition) is 5. The Morgan fingerprint density at radius 1 is 1.29 bits per heavy atom. The molecule has 1 saturated carbocycles. The molecule has 164 valence electrons. The van der Waals surface area contributed by atoms with Gasteiger partial charge in [-0.25, -0.2) is 9.97 Å². The van der Waals surface area contributed by atoms with Crippen LogP contribution in [0.1, 0.15) is 25.7 Å². The number of nitrogens with two attached hydrogens (primary N) is 1. The molecule has 7 nitrogen and oxygen atoms in total. The van der Waals surface area contributed by atoms with Crippen molar-refractivity contribution in [3.05, 3.63) is 41.7 Å². The Kier molecular flexibility index (Phi) is 6.06. The highest BCUT2D eigenvalue weighted by Gasteiger charge is 2.38. The van der Waals surface area contributed by atoms with Crippen molar-refractivity contribution in [3.63, 3.8) is 0 Å². The van der Waals surface area contributed by atoms with E-state index in [1.54, 1.807) is 0 Å². The monoisotopic (exact) mass is 448 g/mol. The summed E-state index contributed by atoms with van der Waals surface area (Å²) in [6, 6.07) is 7.41. The molecule has 1 aliphatic carbocycles. The minimum atomic E-state index is -3.56. The molecule has 0 spiro atoms. The molecule has 2 unspecified atom stereocenters. The Balaban J connectivity index is 1.48. The molecule has 4 rings (SSSR count). The first kappa shape index (κ1) is 21.5. The highest BCUT2D eigenvalue weighted by Crippen LogP contribution is 2.32. The van der Waals surface area contributed by atoms with Crippen LogP contribution in [0.25, 0.3) is 22.2 Å². The number of rotatable bonds is 6. The molecule has 1 amide bonds. The Labute approximate surface area is 182 Å². The van der Waals surface area contributed by atoms with Crippen molar-refractivity contribution in [1.29, 1.82) is 0 Å². The van der Waals surface area contributed by atoms with Crippen LogP contribution in [0, 0.1) is 0 Å². The van der Waals surface area contributed by atoms with Gasteiger partial charge in [0.15, 0.2) is 0 Å². The van der Waals surface area contributed by atoms with Crippen molar-refractivity contribution in [2.24, 2.45) is 5.73 Å². The van der Waals surface area contributed by atoms with Crippen LogP contribution in [-0.2, 0) is 4.79 Å². The number of H-pyrrole nitrogens is 1. The topological polar surface area (TPSA) is 109 Å². The molecule has 10 heteroatoms. The molecule has 3 aromatic rings. The molecule has 5 N–H and O–H groups in total. The van der Waals surface area contributed by atoms with Gasteiger partial charge in [0, 0.05) is 34.7 Å². The maximum atomic E-state index is 13.5. The molecule has 0 radical (unpaired) electrons. The fourth-order valence-corrected chi connectivity index (χ4v) is 4.10. The van der Waals surface area contributed by atoms with Crippen molar-refractivity contribution in [3.8, 4) is 11.3 Å². The Bertz CT molecular complexity index is 1090. The van der Waals surface area contributed by atoms with Gasteiger partial charge < -0.3 is 21.4 Å². The van der Waals surface area contributed by atoms with E-state index in [1.165, 1.54) is 6.20 Å². The number of alkyl halides is 2. The van der Waals surface area contributed by atoms with E-state index < -0.39 is 18.4 Å². The number of hydrogen-bond donors (Lipinski definition) is 4. The Morgan fingerprint density at radius 3 is 2.87 bits per heavy atom. The highest BCUT2D eigenvalue weighted by molar-refractivity contribution is 6.33. The fraction of sp³-hybridized carbons (Fsp3) is 0.381. The summed E-state index contributed by atoms with van der Waals surface area (Å²) in [7, 11) is 0. The highest BCUT2D eigenvalue weighted by atomic mass is 35.5. The van der Waals surface area contributed by atoms with Gasteiger partial charge in [0.25, 0.3) is 5.91 Å². The van der Waals surface area contributed by atoms with Gasteiger partial charge in [-0.3, -0.25) is 4.79 Å². The van der Waals surface area contributed by atoms with Gasteiger partial charge in [0.1, 0.15) is 0 Å². The summed E-state index contributed by atoms with van der Waals surface area (Å²) in [5.74, 6) is -4.49. The van der Waals surface area contributed by atoms with E-state index in [0.717, 1.165) is 29.3 Å². The van der Waals surface area contributed by atoms with E-state index in [4.69, 9.17) is 17.3 Å². The first-order valence-corrected chi connectivity index (χ1v) is 10.5. The summed E-state index contributed by atoms with van der Waals surface area (Å²) in [5, 5.41) is 7.09. The average molecular weight is 449 g/mol. The third-order valence-electron chi connectivity index (χ3n) is 5.52. The second-order valence-electron chi connectivity index (χ2n) is 7.72. The summed E-state index contributed by atoms with van der Waals surface area (Å²) >= 11 is 6.37. The predicted octanol–water partition coefficient (Wildman–Crippen LogP) is 3.71. The number of anilines is 1. The Hall–Kier alpha value is -2.78. The average Bonchev–Trinajstić information content (AvgIpc) is 3.19. The van der Waals surface area contributed by atoms with Crippen molar-refractivity contribution in [2.45, 2.75) is 43.7 Å². The zero-order valence-corrected chi connectivity index (χ0v) is 17.4. The largest absolute Gasteiger partial charge is 0.360 e. The maximum absolute atomic E-state index is 13.5. The van der Waals surface area contributed by atoms with Gasteiger partial charge >= 0.3 is 5.92 Å². The minimum absolute atomic E-state index is 0.0671. The molecule has 2 aromatic heterocycles. The second-order valence-corrected chi connectivity index (χ2v) is 8.13. The number of aromatic nitrogens is 3. The van der Waals surface area contributed by atoms with Crippen LogP contribution in [0.15, 0.2) is 36.7 Å². The summed E-state index contributed by atoms with van der Waals surface area (Å²) in [5.41, 5.74) is 7.43. The maximum Gasteiger partial charge on any atom is 0.336 e. The van der Waals surface area contributed by atoms with Crippen molar-refractivity contribution in [2.75, 3.05) is 11.9 Å². The number of carbonyl (C=O) groups is 1. The molecule has 31 heavy (non-hydrogen) atoms. The lowest BCUT2D eigenvalue weighted by molar-refractivity contribution is -0.145. The number of para-hydroxylation sites is 1. The quantitative estimate of drug-likeness (QED) is 0.459. The zero-order chi connectivity index (χ0) is 22.0. The number of nitrogens with zero attached hydrogens (tertiary/aromatic N) is 2. The van der Waals surface area contributed by atoms with Gasteiger partial charge in [-0.15, -0.1) is 0 Å². The molecule has 2 atom stereocenters. The van der Waals surface area contributed by atoms with E-state index >= 15 is 0 Å². The van der Waals surface area contributed by atoms with E-state index in [-0.39, 0.29) is 12.1 Å². The molecule has 0 saturated heterocycles. The number of nitrogens with one attached hydrogen (secondary N) is 3. The van der Waals surface area contributed by atoms with Gasteiger partial charge in [-0.1, -0.05) is 29.8 Å². The number of fused-ring (bicyclic) bond motifs is 1. The lowest BCUT2D eigenvalue weighted by Crippen LogP contribution is -2.51.